The summed E-state index contributed by atoms with van der Waals surface area (Å²) in [6, 6.07) is 0. The molecule has 4 fully saturated rings. The van der Waals surface area contributed by atoms with Gasteiger partial charge in [0.15, 0.2) is 0 Å². The Bertz CT molecular complexity index is 500. The van der Waals surface area contributed by atoms with Crippen molar-refractivity contribution in [2.45, 2.75) is 84.7 Å². The minimum absolute atomic E-state index is 0.0490. The van der Waals surface area contributed by atoms with Crippen LogP contribution < -0.4 is 0 Å². The third-order valence-electron chi connectivity index (χ3n) is 9.13. The van der Waals surface area contributed by atoms with E-state index in [0.717, 1.165) is 42.9 Å². The maximum atomic E-state index is 12.2. The highest BCUT2D eigenvalue weighted by atomic mass is 16.3. The van der Waals surface area contributed by atoms with Gasteiger partial charge in [-0.15, -0.1) is 0 Å². The third-order valence-corrected chi connectivity index (χ3v) is 9.13. The Hall–Kier alpha value is -0.370. The fourth-order valence-corrected chi connectivity index (χ4v) is 7.90. The summed E-state index contributed by atoms with van der Waals surface area (Å²) in [5, 5.41) is 10.1. The van der Waals surface area contributed by atoms with Crippen LogP contribution in [0.15, 0.2) is 0 Å². The first-order chi connectivity index (χ1) is 10.9. The molecule has 0 aliphatic heterocycles. The summed E-state index contributed by atoms with van der Waals surface area (Å²) in [5.74, 6) is 3.97. The van der Waals surface area contributed by atoms with Gasteiger partial charge in [0.2, 0.25) is 0 Å². The van der Waals surface area contributed by atoms with Gasteiger partial charge in [0.25, 0.3) is 0 Å². The van der Waals surface area contributed by atoms with E-state index in [-0.39, 0.29) is 11.5 Å². The molecule has 0 aromatic carbocycles. The van der Waals surface area contributed by atoms with Gasteiger partial charge in [-0.1, -0.05) is 13.8 Å². The monoisotopic (exact) mass is 318 g/mol. The van der Waals surface area contributed by atoms with Gasteiger partial charge < -0.3 is 5.11 Å². The van der Waals surface area contributed by atoms with Gasteiger partial charge in [0, 0.05) is 5.92 Å². The van der Waals surface area contributed by atoms with Gasteiger partial charge in [-0.25, -0.2) is 0 Å². The molecule has 130 valence electrons. The highest BCUT2D eigenvalue weighted by Crippen LogP contribution is 2.67. The predicted molar refractivity (Wildman–Crippen MR) is 91.9 cm³/mol. The van der Waals surface area contributed by atoms with Gasteiger partial charge in [-0.05, 0) is 99.2 Å². The second kappa shape index (κ2) is 5.31. The highest BCUT2D eigenvalue weighted by Gasteiger charge is 2.60. The largest absolute Gasteiger partial charge is 0.393 e. The van der Waals surface area contributed by atoms with Crippen LogP contribution in [0.25, 0.3) is 0 Å². The molecule has 0 aromatic rings. The van der Waals surface area contributed by atoms with Gasteiger partial charge in [0.05, 0.1) is 6.10 Å². The average molecular weight is 319 g/mol. The van der Waals surface area contributed by atoms with Crippen molar-refractivity contribution >= 4 is 5.78 Å². The smallest absolute Gasteiger partial charge is 0.133 e. The first kappa shape index (κ1) is 16.1. The molecule has 4 rings (SSSR count). The lowest BCUT2D eigenvalue weighted by molar-refractivity contribution is -0.138. The maximum Gasteiger partial charge on any atom is 0.133 e. The summed E-state index contributed by atoms with van der Waals surface area (Å²) < 4.78 is 0. The zero-order valence-electron chi connectivity index (χ0n) is 15.2. The number of Topliss-reactive ketones (excluding diaryl/α,β-unsaturated/α-hetero) is 1. The summed E-state index contributed by atoms with van der Waals surface area (Å²) in [5.41, 5.74) is 0.738. The van der Waals surface area contributed by atoms with E-state index in [1.165, 1.54) is 38.5 Å². The van der Waals surface area contributed by atoms with E-state index in [1.807, 2.05) is 6.92 Å². The lowest BCUT2D eigenvalue weighted by Gasteiger charge is -2.60. The number of carbonyl (C=O) groups is 1. The van der Waals surface area contributed by atoms with Crippen molar-refractivity contribution in [3.8, 4) is 0 Å². The lowest BCUT2D eigenvalue weighted by atomic mass is 9.44. The Kier molecular flexibility index (Phi) is 3.72. The first-order valence-electron chi connectivity index (χ1n) is 10.0. The van der Waals surface area contributed by atoms with Crippen LogP contribution in [0.4, 0.5) is 0 Å². The van der Waals surface area contributed by atoms with Crippen molar-refractivity contribution in [3.63, 3.8) is 0 Å². The van der Waals surface area contributed by atoms with Crippen LogP contribution in [-0.4, -0.2) is 17.0 Å². The molecule has 4 saturated carbocycles. The Morgan fingerprint density at radius 1 is 0.913 bits per heavy atom. The van der Waals surface area contributed by atoms with Crippen molar-refractivity contribution in [1.29, 1.82) is 0 Å². The predicted octanol–water partition coefficient (Wildman–Crippen LogP) is 4.60. The molecule has 2 heteroatoms. The molecule has 0 amide bonds. The van der Waals surface area contributed by atoms with E-state index in [1.54, 1.807) is 0 Å². The normalized spacial score (nSPS) is 55.7. The number of fused-ring (bicyclic) bond motifs is 5. The second-order valence-electron chi connectivity index (χ2n) is 9.87. The van der Waals surface area contributed by atoms with E-state index < -0.39 is 0 Å². The van der Waals surface area contributed by atoms with Gasteiger partial charge >= 0.3 is 0 Å². The molecule has 4 aliphatic carbocycles. The van der Waals surface area contributed by atoms with E-state index in [2.05, 4.69) is 13.8 Å². The number of ketones is 1. The van der Waals surface area contributed by atoms with Crippen LogP contribution in [0.2, 0.25) is 0 Å². The molecular formula is C21H34O2. The van der Waals surface area contributed by atoms with Gasteiger partial charge in [-0.2, -0.15) is 0 Å². The molecule has 23 heavy (non-hydrogen) atoms. The van der Waals surface area contributed by atoms with E-state index >= 15 is 0 Å². The molecule has 0 heterocycles. The quantitative estimate of drug-likeness (QED) is 0.767. The molecule has 6 unspecified atom stereocenters. The van der Waals surface area contributed by atoms with Gasteiger partial charge in [-0.3, -0.25) is 4.79 Å². The molecule has 0 saturated heterocycles. The SMILES string of the molecule is CC(=O)C1CCC2C3CCC4C[C@@H](O)CCC4(C)C3CC[C@]12C. The zero-order valence-corrected chi connectivity index (χ0v) is 15.2. The van der Waals surface area contributed by atoms with E-state index in [0.29, 0.717) is 17.1 Å². The number of aliphatic hydroxyl groups excluding tert-OH is 1. The molecule has 2 nitrogen and oxygen atoms in total. The standard InChI is InChI=1S/C21H34O2/c1-13(22)17-6-7-18-16-5-4-14-12-15(23)8-10-20(14,2)19(16)9-11-21(17,18)3/h14-19,23H,4-12H2,1-3H3/t14?,15-,16?,17?,18?,19?,20?,21+/m0/s1. The van der Waals surface area contributed by atoms with Crippen molar-refractivity contribution in [1.82, 2.24) is 0 Å². The topological polar surface area (TPSA) is 37.3 Å². The van der Waals surface area contributed by atoms with E-state index in [4.69, 9.17) is 0 Å². The molecule has 4 aliphatic rings. The summed E-state index contributed by atoms with van der Waals surface area (Å²) >= 11 is 0. The third kappa shape index (κ3) is 2.19. The Morgan fingerprint density at radius 2 is 1.61 bits per heavy atom. The number of rotatable bonds is 1. The van der Waals surface area contributed by atoms with Crippen LogP contribution in [-0.2, 0) is 4.79 Å². The van der Waals surface area contributed by atoms with Crippen molar-refractivity contribution in [2.75, 3.05) is 0 Å². The summed E-state index contributed by atoms with van der Waals surface area (Å²) in [6.45, 7) is 6.80. The minimum atomic E-state index is -0.0490. The van der Waals surface area contributed by atoms with Crippen LogP contribution >= 0.6 is 0 Å². The second-order valence-corrected chi connectivity index (χ2v) is 9.87. The fraction of sp³-hybridized carbons (Fsp3) is 0.952. The molecule has 0 bridgehead atoms. The minimum Gasteiger partial charge on any atom is -0.393 e. The van der Waals surface area contributed by atoms with E-state index in [9.17, 15) is 9.90 Å². The first-order valence-corrected chi connectivity index (χ1v) is 10.0. The Labute approximate surface area is 141 Å². The molecule has 8 atom stereocenters. The van der Waals surface area contributed by atoms with Crippen LogP contribution in [0, 0.1) is 40.4 Å². The molecule has 0 spiro atoms. The van der Waals surface area contributed by atoms with Crippen LogP contribution in [0.5, 0.6) is 0 Å². The van der Waals surface area contributed by atoms with Crippen LogP contribution in [0.1, 0.15) is 78.6 Å². The fourth-order valence-electron chi connectivity index (χ4n) is 7.90. The maximum absolute atomic E-state index is 12.2. The number of hydrogen-bond donors (Lipinski definition) is 1. The Balaban J connectivity index is 1.61. The molecule has 0 radical (unpaired) electrons. The van der Waals surface area contributed by atoms with Gasteiger partial charge in [0.1, 0.15) is 5.78 Å². The summed E-state index contributed by atoms with van der Waals surface area (Å²) in [6.07, 6.45) is 10.9. The zero-order chi connectivity index (χ0) is 16.4. The van der Waals surface area contributed by atoms with Crippen LogP contribution in [0.3, 0.4) is 0 Å². The highest BCUT2D eigenvalue weighted by molar-refractivity contribution is 5.79. The van der Waals surface area contributed by atoms with Crippen molar-refractivity contribution < 1.29 is 9.90 Å². The molecule has 1 N–H and O–H groups in total. The van der Waals surface area contributed by atoms with Crippen molar-refractivity contribution in [3.05, 3.63) is 0 Å². The Morgan fingerprint density at radius 3 is 2.35 bits per heavy atom. The number of hydrogen-bond acceptors (Lipinski definition) is 2. The molecular weight excluding hydrogens is 284 g/mol. The summed E-state index contributed by atoms with van der Waals surface area (Å²) in [4.78, 5) is 12.2. The number of carbonyl (C=O) groups excluding carboxylic acids is 1. The van der Waals surface area contributed by atoms with Crippen molar-refractivity contribution in [2.24, 2.45) is 40.4 Å². The average Bonchev–Trinajstić information content (AvgIpc) is 2.85. The lowest BCUT2D eigenvalue weighted by Crippen LogP contribution is -2.54. The summed E-state index contributed by atoms with van der Waals surface area (Å²) in [7, 11) is 0. The molecule has 0 aromatic heterocycles. The number of aliphatic hydroxyl groups is 1.